The number of nitrogens with one attached hydrogen (secondary N) is 2. The summed E-state index contributed by atoms with van der Waals surface area (Å²) in [6, 6.07) is 0.445. The Bertz CT molecular complexity index is 358. The number of piperidine rings is 1. The fourth-order valence-electron chi connectivity index (χ4n) is 2.42. The maximum absolute atomic E-state index is 12.3. The molecule has 0 radical (unpaired) electrons. The number of rotatable bonds is 4. The van der Waals surface area contributed by atoms with Crippen molar-refractivity contribution in [3.05, 3.63) is 0 Å². The predicted octanol–water partition coefficient (Wildman–Crippen LogP) is 0.644. The van der Waals surface area contributed by atoms with Crippen LogP contribution in [0, 0.1) is 0 Å². The number of likely N-dealkylation sites (tertiary alicyclic amines) is 1. The number of hydrogen-bond acceptors (Lipinski definition) is 3. The van der Waals surface area contributed by atoms with E-state index in [0.29, 0.717) is 12.6 Å². The maximum Gasteiger partial charge on any atom is 0.240 e. The van der Waals surface area contributed by atoms with Gasteiger partial charge in [-0.15, -0.1) is 0 Å². The van der Waals surface area contributed by atoms with Gasteiger partial charge in [-0.05, 0) is 46.5 Å². The molecule has 2 amide bonds. The van der Waals surface area contributed by atoms with Gasteiger partial charge >= 0.3 is 0 Å². The molecule has 0 bridgehead atoms. The summed E-state index contributed by atoms with van der Waals surface area (Å²) in [5.41, 5.74) is -0.248. The first-order valence-corrected chi connectivity index (χ1v) is 7.21. The Kier molecular flexibility index (Phi) is 4.13. The molecule has 19 heavy (non-hydrogen) atoms. The van der Waals surface area contributed by atoms with Crippen molar-refractivity contribution in [2.75, 3.05) is 13.1 Å². The van der Waals surface area contributed by atoms with E-state index in [0.717, 1.165) is 12.8 Å². The summed E-state index contributed by atoms with van der Waals surface area (Å²) in [4.78, 5) is 25.8. The first-order valence-electron chi connectivity index (χ1n) is 7.21. The lowest BCUT2D eigenvalue weighted by Crippen LogP contribution is -2.55. The van der Waals surface area contributed by atoms with Gasteiger partial charge in [-0.1, -0.05) is 0 Å². The minimum Gasteiger partial charge on any atom is -0.350 e. The minimum absolute atomic E-state index is 0.0760. The Morgan fingerprint density at radius 3 is 2.58 bits per heavy atom. The van der Waals surface area contributed by atoms with Crippen molar-refractivity contribution >= 4 is 11.8 Å². The van der Waals surface area contributed by atoms with Crippen molar-refractivity contribution < 1.29 is 9.59 Å². The summed E-state index contributed by atoms with van der Waals surface area (Å²) in [6.07, 6.45) is 4.22. The molecule has 1 atom stereocenters. The van der Waals surface area contributed by atoms with Crippen molar-refractivity contribution in [2.45, 2.75) is 64.1 Å². The van der Waals surface area contributed by atoms with Gasteiger partial charge in [0.15, 0.2) is 0 Å². The predicted molar refractivity (Wildman–Crippen MR) is 73.7 cm³/mol. The second-order valence-electron chi connectivity index (χ2n) is 6.69. The molecule has 2 aliphatic rings. The van der Waals surface area contributed by atoms with Crippen LogP contribution in [-0.2, 0) is 9.59 Å². The van der Waals surface area contributed by atoms with E-state index >= 15 is 0 Å². The molecule has 1 saturated heterocycles. The van der Waals surface area contributed by atoms with Crippen molar-refractivity contribution in [1.29, 1.82) is 0 Å². The highest BCUT2D eigenvalue weighted by Gasteiger charge is 2.34. The molecule has 1 aliphatic carbocycles. The maximum atomic E-state index is 12.3. The monoisotopic (exact) mass is 267 g/mol. The number of amides is 2. The highest BCUT2D eigenvalue weighted by molar-refractivity contribution is 5.88. The molecule has 0 spiro atoms. The molecule has 2 N–H and O–H groups in total. The van der Waals surface area contributed by atoms with Gasteiger partial charge in [-0.3, -0.25) is 9.59 Å². The highest BCUT2D eigenvalue weighted by atomic mass is 16.2. The fourth-order valence-corrected chi connectivity index (χ4v) is 2.42. The Morgan fingerprint density at radius 2 is 2.00 bits per heavy atom. The molecule has 108 valence electrons. The summed E-state index contributed by atoms with van der Waals surface area (Å²) in [6.45, 7) is 6.71. The lowest BCUT2D eigenvalue weighted by atomic mass is 10.0. The second kappa shape index (κ2) is 5.49. The molecule has 2 fully saturated rings. The van der Waals surface area contributed by atoms with Crippen molar-refractivity contribution in [3.63, 3.8) is 0 Å². The van der Waals surface area contributed by atoms with Crippen LogP contribution < -0.4 is 10.6 Å². The van der Waals surface area contributed by atoms with Crippen LogP contribution in [0.5, 0.6) is 0 Å². The third-order valence-electron chi connectivity index (χ3n) is 3.39. The molecule has 0 aromatic heterocycles. The quantitative estimate of drug-likeness (QED) is 0.786. The number of hydrogen-bond donors (Lipinski definition) is 2. The highest BCUT2D eigenvalue weighted by Crippen LogP contribution is 2.22. The van der Waals surface area contributed by atoms with Crippen LogP contribution in [0.4, 0.5) is 0 Å². The fraction of sp³-hybridized carbons (Fsp3) is 0.857. The normalized spacial score (nSPS) is 24.5. The molecule has 2 rings (SSSR count). The van der Waals surface area contributed by atoms with Crippen LogP contribution >= 0.6 is 0 Å². The van der Waals surface area contributed by atoms with Gasteiger partial charge in [-0.25, -0.2) is 0 Å². The van der Waals surface area contributed by atoms with Crippen LogP contribution in [0.15, 0.2) is 0 Å². The third kappa shape index (κ3) is 4.49. The summed E-state index contributed by atoms with van der Waals surface area (Å²) >= 11 is 0. The van der Waals surface area contributed by atoms with E-state index in [1.54, 1.807) is 4.90 Å². The Labute approximate surface area is 115 Å². The molecule has 1 heterocycles. The zero-order valence-electron chi connectivity index (χ0n) is 12.2. The van der Waals surface area contributed by atoms with Gasteiger partial charge < -0.3 is 15.5 Å². The SMILES string of the molecule is CC(C)(C)NC(=O)CN1CCCC(NC2CC2)C1=O. The van der Waals surface area contributed by atoms with E-state index in [4.69, 9.17) is 0 Å². The largest absolute Gasteiger partial charge is 0.350 e. The summed E-state index contributed by atoms with van der Waals surface area (Å²) in [5, 5.41) is 6.27. The van der Waals surface area contributed by atoms with E-state index in [1.165, 1.54) is 12.8 Å². The Hall–Kier alpha value is -1.10. The number of carbonyl (C=O) groups is 2. The van der Waals surface area contributed by atoms with Gasteiger partial charge in [0.25, 0.3) is 0 Å². The average molecular weight is 267 g/mol. The molecule has 1 aliphatic heterocycles. The van der Waals surface area contributed by atoms with Gasteiger partial charge in [0.05, 0.1) is 12.6 Å². The van der Waals surface area contributed by atoms with E-state index in [2.05, 4.69) is 10.6 Å². The van der Waals surface area contributed by atoms with Gasteiger partial charge in [0.2, 0.25) is 11.8 Å². The summed E-state index contributed by atoms with van der Waals surface area (Å²) in [7, 11) is 0. The van der Waals surface area contributed by atoms with Crippen molar-refractivity contribution in [2.24, 2.45) is 0 Å². The van der Waals surface area contributed by atoms with Crippen LogP contribution in [-0.4, -0.2) is 47.4 Å². The molecule has 1 unspecified atom stereocenters. The standard InChI is InChI=1S/C14H25N3O2/c1-14(2,3)16-12(18)9-17-8-4-5-11(13(17)19)15-10-6-7-10/h10-11,15H,4-9H2,1-3H3,(H,16,18). The first-order chi connectivity index (χ1) is 8.85. The van der Waals surface area contributed by atoms with Crippen molar-refractivity contribution in [3.8, 4) is 0 Å². The minimum atomic E-state index is -0.248. The van der Waals surface area contributed by atoms with Crippen molar-refractivity contribution in [1.82, 2.24) is 15.5 Å². The first kappa shape index (κ1) is 14.3. The lowest BCUT2D eigenvalue weighted by molar-refractivity contribution is -0.140. The van der Waals surface area contributed by atoms with Crippen LogP contribution in [0.3, 0.4) is 0 Å². The van der Waals surface area contributed by atoms with Crippen LogP contribution in [0.2, 0.25) is 0 Å². The zero-order chi connectivity index (χ0) is 14.0. The topological polar surface area (TPSA) is 61.4 Å². The smallest absolute Gasteiger partial charge is 0.240 e. The van der Waals surface area contributed by atoms with Gasteiger partial charge in [0.1, 0.15) is 0 Å². The zero-order valence-corrected chi connectivity index (χ0v) is 12.2. The van der Waals surface area contributed by atoms with E-state index in [1.807, 2.05) is 20.8 Å². The molecule has 5 nitrogen and oxygen atoms in total. The summed E-state index contributed by atoms with van der Waals surface area (Å²) in [5.74, 6) is 0.00938. The van der Waals surface area contributed by atoms with Gasteiger partial charge in [-0.2, -0.15) is 0 Å². The van der Waals surface area contributed by atoms with E-state index < -0.39 is 0 Å². The number of nitrogens with zero attached hydrogens (tertiary/aromatic N) is 1. The second-order valence-corrected chi connectivity index (χ2v) is 6.69. The summed E-state index contributed by atoms with van der Waals surface area (Å²) < 4.78 is 0. The molecular weight excluding hydrogens is 242 g/mol. The van der Waals surface area contributed by atoms with Crippen LogP contribution in [0.25, 0.3) is 0 Å². The Balaban J connectivity index is 1.84. The van der Waals surface area contributed by atoms with Gasteiger partial charge in [0, 0.05) is 18.1 Å². The third-order valence-corrected chi connectivity index (χ3v) is 3.39. The lowest BCUT2D eigenvalue weighted by Gasteiger charge is -2.33. The average Bonchev–Trinajstić information content (AvgIpc) is 3.05. The molecule has 0 aromatic rings. The molecule has 0 aromatic carbocycles. The molecule has 5 heteroatoms. The molecule has 1 saturated carbocycles. The van der Waals surface area contributed by atoms with E-state index in [9.17, 15) is 9.59 Å². The number of carbonyl (C=O) groups excluding carboxylic acids is 2. The van der Waals surface area contributed by atoms with E-state index in [-0.39, 0.29) is 29.9 Å². The Morgan fingerprint density at radius 1 is 1.32 bits per heavy atom. The van der Waals surface area contributed by atoms with Crippen LogP contribution in [0.1, 0.15) is 46.5 Å². The molecular formula is C14H25N3O2.